The lowest BCUT2D eigenvalue weighted by molar-refractivity contribution is -0.143. The maximum Gasteiger partial charge on any atom is 0.289 e. The molecule has 0 saturated carbocycles. The monoisotopic (exact) mass is 362 g/mol. The molecule has 3 heterocycles. The van der Waals surface area contributed by atoms with Gasteiger partial charge in [-0.3, -0.25) is 19.2 Å². The van der Waals surface area contributed by atoms with Gasteiger partial charge in [0.1, 0.15) is 6.42 Å². The van der Waals surface area contributed by atoms with E-state index in [1.165, 1.54) is 6.26 Å². The SMILES string of the molecule is O=CN1CCN(C(=O)CC(=O)N2CCN(C(=O)c3ccco3)CC2)CC1. The van der Waals surface area contributed by atoms with Gasteiger partial charge in [0.2, 0.25) is 18.2 Å². The third-order valence-electron chi connectivity index (χ3n) is 4.77. The molecule has 140 valence electrons. The molecular formula is C17H22N4O5. The first-order chi connectivity index (χ1) is 12.6. The van der Waals surface area contributed by atoms with E-state index in [1.54, 1.807) is 31.7 Å². The van der Waals surface area contributed by atoms with Crippen LogP contribution in [-0.4, -0.2) is 96.1 Å². The average molecular weight is 362 g/mol. The van der Waals surface area contributed by atoms with Crippen molar-refractivity contribution in [2.75, 3.05) is 52.4 Å². The van der Waals surface area contributed by atoms with Crippen molar-refractivity contribution in [3.05, 3.63) is 24.2 Å². The predicted molar refractivity (Wildman–Crippen MR) is 90.0 cm³/mol. The molecule has 0 atom stereocenters. The predicted octanol–water partition coefficient (Wildman–Crippen LogP) is -0.745. The summed E-state index contributed by atoms with van der Waals surface area (Å²) < 4.78 is 5.11. The number of amides is 4. The molecule has 0 N–H and O–H groups in total. The van der Waals surface area contributed by atoms with Crippen LogP contribution in [0.4, 0.5) is 0 Å². The van der Waals surface area contributed by atoms with Gasteiger partial charge in [0, 0.05) is 52.4 Å². The quantitative estimate of drug-likeness (QED) is 0.519. The smallest absolute Gasteiger partial charge is 0.289 e. The van der Waals surface area contributed by atoms with Gasteiger partial charge < -0.3 is 24.0 Å². The lowest BCUT2D eigenvalue weighted by Crippen LogP contribution is -2.52. The summed E-state index contributed by atoms with van der Waals surface area (Å²) >= 11 is 0. The van der Waals surface area contributed by atoms with Gasteiger partial charge >= 0.3 is 0 Å². The fourth-order valence-corrected chi connectivity index (χ4v) is 3.14. The second kappa shape index (κ2) is 8.03. The van der Waals surface area contributed by atoms with Crippen LogP contribution in [0, 0.1) is 0 Å². The normalized spacial score (nSPS) is 18.0. The molecule has 4 amide bonds. The highest BCUT2D eigenvalue weighted by molar-refractivity contribution is 5.97. The van der Waals surface area contributed by atoms with Crippen molar-refractivity contribution in [1.29, 1.82) is 0 Å². The first-order valence-corrected chi connectivity index (χ1v) is 8.66. The number of nitrogens with zero attached hydrogens (tertiary/aromatic N) is 4. The third kappa shape index (κ3) is 4.04. The Bertz CT molecular complexity index is 659. The molecule has 1 aromatic rings. The van der Waals surface area contributed by atoms with E-state index in [2.05, 4.69) is 0 Å². The van der Waals surface area contributed by atoms with Gasteiger partial charge in [-0.15, -0.1) is 0 Å². The van der Waals surface area contributed by atoms with E-state index in [0.717, 1.165) is 6.41 Å². The van der Waals surface area contributed by atoms with E-state index in [4.69, 9.17) is 4.42 Å². The Morgan fingerprint density at radius 3 is 1.92 bits per heavy atom. The van der Waals surface area contributed by atoms with Crippen LogP contribution in [0.15, 0.2) is 22.8 Å². The Morgan fingerprint density at radius 2 is 1.42 bits per heavy atom. The molecule has 0 radical (unpaired) electrons. The van der Waals surface area contributed by atoms with Crippen molar-refractivity contribution in [1.82, 2.24) is 19.6 Å². The second-order valence-electron chi connectivity index (χ2n) is 6.35. The highest BCUT2D eigenvalue weighted by atomic mass is 16.3. The Kier molecular flexibility index (Phi) is 5.55. The van der Waals surface area contributed by atoms with Crippen molar-refractivity contribution in [3.8, 4) is 0 Å². The Labute approximate surface area is 151 Å². The van der Waals surface area contributed by atoms with Crippen LogP contribution >= 0.6 is 0 Å². The standard InChI is InChI=1S/C17H22N4O5/c22-13-18-3-5-19(6-4-18)15(23)12-16(24)20-7-9-21(10-8-20)17(25)14-2-1-11-26-14/h1-2,11,13H,3-10,12H2. The molecular weight excluding hydrogens is 340 g/mol. The maximum absolute atomic E-state index is 12.4. The van der Waals surface area contributed by atoms with E-state index in [-0.39, 0.29) is 29.9 Å². The summed E-state index contributed by atoms with van der Waals surface area (Å²) in [5, 5.41) is 0. The molecule has 2 aliphatic heterocycles. The van der Waals surface area contributed by atoms with Crippen molar-refractivity contribution in [2.24, 2.45) is 0 Å². The van der Waals surface area contributed by atoms with Crippen LogP contribution in [0.1, 0.15) is 17.0 Å². The Balaban J connectivity index is 1.44. The molecule has 0 aliphatic carbocycles. The van der Waals surface area contributed by atoms with Gasteiger partial charge in [0.05, 0.1) is 6.26 Å². The van der Waals surface area contributed by atoms with Crippen LogP contribution < -0.4 is 0 Å². The zero-order valence-corrected chi connectivity index (χ0v) is 14.5. The van der Waals surface area contributed by atoms with Crippen LogP contribution in [-0.2, 0) is 14.4 Å². The molecule has 0 spiro atoms. The first-order valence-electron chi connectivity index (χ1n) is 8.66. The third-order valence-corrected chi connectivity index (χ3v) is 4.77. The number of piperazine rings is 2. The van der Waals surface area contributed by atoms with Crippen molar-refractivity contribution in [3.63, 3.8) is 0 Å². The summed E-state index contributed by atoms with van der Waals surface area (Å²) in [5.74, 6) is -0.340. The maximum atomic E-state index is 12.4. The lowest BCUT2D eigenvalue weighted by atomic mass is 10.2. The van der Waals surface area contributed by atoms with E-state index in [9.17, 15) is 19.2 Å². The van der Waals surface area contributed by atoms with Gasteiger partial charge in [0.15, 0.2) is 5.76 Å². The molecule has 2 fully saturated rings. The molecule has 2 saturated heterocycles. The Morgan fingerprint density at radius 1 is 0.885 bits per heavy atom. The number of furan rings is 1. The minimum Gasteiger partial charge on any atom is -0.459 e. The van der Waals surface area contributed by atoms with Gasteiger partial charge in [-0.2, -0.15) is 0 Å². The van der Waals surface area contributed by atoms with E-state index in [1.807, 2.05) is 0 Å². The number of carbonyl (C=O) groups is 4. The first kappa shape index (κ1) is 18.0. The van der Waals surface area contributed by atoms with E-state index < -0.39 is 0 Å². The van der Waals surface area contributed by atoms with E-state index in [0.29, 0.717) is 52.4 Å². The van der Waals surface area contributed by atoms with Crippen molar-refractivity contribution >= 4 is 24.1 Å². The average Bonchev–Trinajstić information content (AvgIpc) is 3.22. The molecule has 26 heavy (non-hydrogen) atoms. The molecule has 0 aromatic carbocycles. The summed E-state index contributed by atoms with van der Waals surface area (Å²) in [6.07, 6.45) is 2.05. The fraction of sp³-hybridized carbons (Fsp3) is 0.529. The molecule has 1 aromatic heterocycles. The zero-order chi connectivity index (χ0) is 18.5. The number of carbonyl (C=O) groups excluding carboxylic acids is 4. The summed E-state index contributed by atoms with van der Waals surface area (Å²) in [5.41, 5.74) is 0. The minimum atomic E-state index is -0.224. The lowest BCUT2D eigenvalue weighted by Gasteiger charge is -2.35. The Hall–Kier alpha value is -2.84. The molecule has 0 bridgehead atoms. The fourth-order valence-electron chi connectivity index (χ4n) is 3.14. The van der Waals surface area contributed by atoms with Crippen LogP contribution in [0.3, 0.4) is 0 Å². The van der Waals surface area contributed by atoms with Crippen LogP contribution in [0.2, 0.25) is 0 Å². The number of hydrogen-bond donors (Lipinski definition) is 0. The van der Waals surface area contributed by atoms with Crippen LogP contribution in [0.25, 0.3) is 0 Å². The van der Waals surface area contributed by atoms with Gasteiger partial charge in [-0.1, -0.05) is 0 Å². The number of rotatable bonds is 4. The summed E-state index contributed by atoms with van der Waals surface area (Å²) in [6.45, 7) is 3.53. The summed E-state index contributed by atoms with van der Waals surface area (Å²) in [6, 6.07) is 3.27. The van der Waals surface area contributed by atoms with Crippen LogP contribution in [0.5, 0.6) is 0 Å². The van der Waals surface area contributed by atoms with Gasteiger partial charge in [0.25, 0.3) is 5.91 Å². The minimum absolute atomic E-state index is 0.173. The number of hydrogen-bond acceptors (Lipinski definition) is 5. The highest BCUT2D eigenvalue weighted by Gasteiger charge is 2.28. The molecule has 0 unspecified atom stereocenters. The summed E-state index contributed by atoms with van der Waals surface area (Å²) in [4.78, 5) is 54.0. The van der Waals surface area contributed by atoms with Crippen molar-refractivity contribution in [2.45, 2.75) is 6.42 Å². The summed E-state index contributed by atoms with van der Waals surface area (Å²) in [7, 11) is 0. The molecule has 2 aliphatic rings. The molecule has 9 nitrogen and oxygen atoms in total. The molecule has 9 heteroatoms. The molecule has 3 rings (SSSR count). The highest BCUT2D eigenvalue weighted by Crippen LogP contribution is 2.11. The second-order valence-corrected chi connectivity index (χ2v) is 6.35. The van der Waals surface area contributed by atoms with Gasteiger partial charge in [-0.25, -0.2) is 0 Å². The largest absolute Gasteiger partial charge is 0.459 e. The van der Waals surface area contributed by atoms with Gasteiger partial charge in [-0.05, 0) is 12.1 Å². The van der Waals surface area contributed by atoms with Crippen molar-refractivity contribution < 1.29 is 23.6 Å². The zero-order valence-electron chi connectivity index (χ0n) is 14.5. The topological polar surface area (TPSA) is 94.4 Å². The van der Waals surface area contributed by atoms with E-state index >= 15 is 0 Å².